The van der Waals surface area contributed by atoms with E-state index in [1.807, 2.05) is 18.2 Å². The zero-order valence-corrected chi connectivity index (χ0v) is 16.7. The number of fused-ring (bicyclic) bond motifs is 1. The van der Waals surface area contributed by atoms with Gasteiger partial charge in [0.1, 0.15) is 11.6 Å². The van der Waals surface area contributed by atoms with Crippen molar-refractivity contribution in [3.05, 3.63) is 53.8 Å². The lowest BCUT2D eigenvalue weighted by Crippen LogP contribution is -2.46. The van der Waals surface area contributed by atoms with Gasteiger partial charge in [-0.1, -0.05) is 18.6 Å². The Balaban J connectivity index is 1.19. The first-order valence-electron chi connectivity index (χ1n) is 10.4. The van der Waals surface area contributed by atoms with E-state index in [9.17, 15) is 4.39 Å². The molecule has 0 bridgehead atoms. The standard InChI is InChI=1S/C23H30FN3O/c1-28-23-8-3-2-7-22(23)27-14-12-26(13-15-27)11-5-4-6-18-17-25-21-10-9-19(24)16-20(18)21/h2-3,7-10,16,18,25H,4-6,11-15,17H2,1H3. The molecule has 150 valence electrons. The van der Waals surface area contributed by atoms with Crippen LogP contribution >= 0.6 is 0 Å². The topological polar surface area (TPSA) is 27.7 Å². The van der Waals surface area contributed by atoms with Gasteiger partial charge in [-0.15, -0.1) is 0 Å². The van der Waals surface area contributed by atoms with Gasteiger partial charge in [-0.3, -0.25) is 4.90 Å². The lowest BCUT2D eigenvalue weighted by atomic mass is 9.95. The van der Waals surface area contributed by atoms with E-state index in [1.54, 1.807) is 19.2 Å². The number of anilines is 2. The molecule has 1 N–H and O–H groups in total. The first kappa shape index (κ1) is 19.1. The molecule has 2 aliphatic heterocycles. The second-order valence-corrected chi connectivity index (χ2v) is 7.81. The highest BCUT2D eigenvalue weighted by molar-refractivity contribution is 5.59. The van der Waals surface area contributed by atoms with Gasteiger partial charge >= 0.3 is 0 Å². The minimum Gasteiger partial charge on any atom is -0.495 e. The normalized spacial score (nSPS) is 19.4. The number of halogens is 1. The number of unbranched alkanes of at least 4 members (excludes halogenated alkanes) is 1. The fraction of sp³-hybridized carbons (Fsp3) is 0.478. The Kier molecular flexibility index (Phi) is 6.01. The van der Waals surface area contributed by atoms with Crippen molar-refractivity contribution in [1.82, 2.24) is 4.90 Å². The number of nitrogens with one attached hydrogen (secondary N) is 1. The number of rotatable bonds is 7. The summed E-state index contributed by atoms with van der Waals surface area (Å²) < 4.78 is 19.0. The van der Waals surface area contributed by atoms with Crippen molar-refractivity contribution in [1.29, 1.82) is 0 Å². The summed E-state index contributed by atoms with van der Waals surface area (Å²) in [6.07, 6.45) is 3.52. The van der Waals surface area contributed by atoms with Crippen molar-refractivity contribution in [3.8, 4) is 5.75 Å². The van der Waals surface area contributed by atoms with Crippen LogP contribution in [-0.2, 0) is 0 Å². The molecule has 28 heavy (non-hydrogen) atoms. The van der Waals surface area contributed by atoms with Gasteiger partial charge in [0, 0.05) is 44.3 Å². The van der Waals surface area contributed by atoms with Crippen LogP contribution in [0.3, 0.4) is 0 Å². The van der Waals surface area contributed by atoms with Gasteiger partial charge in [0.05, 0.1) is 12.8 Å². The number of hydrogen-bond donors (Lipinski definition) is 1. The summed E-state index contributed by atoms with van der Waals surface area (Å²) in [6, 6.07) is 13.4. The molecule has 0 saturated carbocycles. The summed E-state index contributed by atoms with van der Waals surface area (Å²) in [4.78, 5) is 4.98. The van der Waals surface area contributed by atoms with E-state index < -0.39 is 0 Å². The van der Waals surface area contributed by atoms with Gasteiger partial charge in [-0.2, -0.15) is 0 Å². The van der Waals surface area contributed by atoms with Crippen molar-refractivity contribution in [2.45, 2.75) is 25.2 Å². The smallest absolute Gasteiger partial charge is 0.142 e. The van der Waals surface area contributed by atoms with Crippen LogP contribution < -0.4 is 15.0 Å². The van der Waals surface area contributed by atoms with E-state index in [4.69, 9.17) is 4.74 Å². The summed E-state index contributed by atoms with van der Waals surface area (Å²) in [5.41, 5.74) is 3.47. The van der Waals surface area contributed by atoms with E-state index in [1.165, 1.54) is 18.5 Å². The van der Waals surface area contributed by atoms with E-state index >= 15 is 0 Å². The maximum atomic E-state index is 13.5. The molecule has 1 saturated heterocycles. The number of benzene rings is 2. The summed E-state index contributed by atoms with van der Waals surface area (Å²) in [5, 5.41) is 3.40. The largest absolute Gasteiger partial charge is 0.495 e. The number of ether oxygens (including phenoxy) is 1. The molecule has 1 unspecified atom stereocenters. The van der Waals surface area contributed by atoms with Crippen LogP contribution in [-0.4, -0.2) is 51.3 Å². The third-order valence-electron chi connectivity index (χ3n) is 6.07. The molecule has 4 nitrogen and oxygen atoms in total. The lowest BCUT2D eigenvalue weighted by molar-refractivity contribution is 0.251. The SMILES string of the molecule is COc1ccccc1N1CCN(CCCCC2CNc3ccc(F)cc32)CC1. The van der Waals surface area contributed by atoms with Crippen molar-refractivity contribution in [2.24, 2.45) is 0 Å². The van der Waals surface area contributed by atoms with Crippen LogP contribution in [0.15, 0.2) is 42.5 Å². The van der Waals surface area contributed by atoms with Gasteiger partial charge in [-0.25, -0.2) is 4.39 Å². The predicted molar refractivity (Wildman–Crippen MR) is 113 cm³/mol. The van der Waals surface area contributed by atoms with Gasteiger partial charge in [0.25, 0.3) is 0 Å². The van der Waals surface area contributed by atoms with E-state index in [2.05, 4.69) is 27.2 Å². The summed E-state index contributed by atoms with van der Waals surface area (Å²) in [7, 11) is 1.74. The first-order valence-corrected chi connectivity index (χ1v) is 10.4. The molecule has 5 heteroatoms. The van der Waals surface area contributed by atoms with Crippen LogP contribution in [0.4, 0.5) is 15.8 Å². The molecular formula is C23H30FN3O. The molecule has 1 fully saturated rings. The zero-order chi connectivity index (χ0) is 19.3. The highest BCUT2D eigenvalue weighted by atomic mass is 19.1. The number of hydrogen-bond acceptors (Lipinski definition) is 4. The second-order valence-electron chi connectivity index (χ2n) is 7.81. The Morgan fingerprint density at radius 1 is 1.07 bits per heavy atom. The van der Waals surface area contributed by atoms with E-state index in [0.717, 1.165) is 62.7 Å². The molecule has 2 heterocycles. The van der Waals surface area contributed by atoms with Crippen molar-refractivity contribution < 1.29 is 9.13 Å². The van der Waals surface area contributed by atoms with Gasteiger partial charge in [0.2, 0.25) is 0 Å². The Bertz CT molecular complexity index is 789. The van der Waals surface area contributed by atoms with Crippen LogP contribution in [0.2, 0.25) is 0 Å². The molecule has 2 aliphatic rings. The molecule has 0 amide bonds. The molecule has 4 rings (SSSR count). The number of piperazine rings is 1. The Morgan fingerprint density at radius 2 is 1.89 bits per heavy atom. The van der Waals surface area contributed by atoms with Crippen molar-refractivity contribution >= 4 is 11.4 Å². The Labute approximate surface area is 167 Å². The minimum absolute atomic E-state index is 0.125. The summed E-state index contributed by atoms with van der Waals surface area (Å²) in [5.74, 6) is 1.28. The van der Waals surface area contributed by atoms with Gasteiger partial charge < -0.3 is 15.0 Å². The molecule has 2 aromatic rings. The molecule has 0 spiro atoms. The van der Waals surface area contributed by atoms with Crippen LogP contribution in [0.25, 0.3) is 0 Å². The predicted octanol–water partition coefficient (Wildman–Crippen LogP) is 4.34. The minimum atomic E-state index is -0.125. The Morgan fingerprint density at radius 3 is 2.71 bits per heavy atom. The van der Waals surface area contributed by atoms with Gasteiger partial charge in [0.15, 0.2) is 0 Å². The lowest BCUT2D eigenvalue weighted by Gasteiger charge is -2.36. The molecule has 0 aromatic heterocycles. The Hall–Kier alpha value is -2.27. The van der Waals surface area contributed by atoms with Crippen molar-refractivity contribution in [2.75, 3.05) is 56.6 Å². The fourth-order valence-electron chi connectivity index (χ4n) is 4.46. The quantitative estimate of drug-likeness (QED) is 0.720. The van der Waals surface area contributed by atoms with Crippen LogP contribution in [0.5, 0.6) is 5.75 Å². The highest BCUT2D eigenvalue weighted by Gasteiger charge is 2.23. The second kappa shape index (κ2) is 8.82. The third-order valence-corrected chi connectivity index (χ3v) is 6.07. The van der Waals surface area contributed by atoms with Crippen LogP contribution in [0.1, 0.15) is 30.7 Å². The van der Waals surface area contributed by atoms with E-state index in [0.29, 0.717) is 5.92 Å². The fourth-order valence-corrected chi connectivity index (χ4v) is 4.46. The number of nitrogens with zero attached hydrogens (tertiary/aromatic N) is 2. The number of methoxy groups -OCH3 is 1. The molecular weight excluding hydrogens is 353 g/mol. The summed E-state index contributed by atoms with van der Waals surface area (Å²) in [6.45, 7) is 6.36. The maximum Gasteiger partial charge on any atom is 0.142 e. The van der Waals surface area contributed by atoms with Crippen molar-refractivity contribution in [3.63, 3.8) is 0 Å². The molecule has 1 atom stereocenters. The van der Waals surface area contributed by atoms with Gasteiger partial charge in [-0.05, 0) is 55.3 Å². The zero-order valence-electron chi connectivity index (χ0n) is 16.7. The van der Waals surface area contributed by atoms with E-state index in [-0.39, 0.29) is 5.82 Å². The average Bonchev–Trinajstić information content (AvgIpc) is 3.13. The first-order chi connectivity index (χ1) is 13.7. The van der Waals surface area contributed by atoms with Crippen LogP contribution in [0, 0.1) is 5.82 Å². The summed E-state index contributed by atoms with van der Waals surface area (Å²) >= 11 is 0. The molecule has 0 aliphatic carbocycles. The highest BCUT2D eigenvalue weighted by Crippen LogP contribution is 2.35. The molecule has 0 radical (unpaired) electrons. The molecule has 2 aromatic carbocycles. The average molecular weight is 384 g/mol. The number of para-hydroxylation sites is 2. The maximum absolute atomic E-state index is 13.5. The monoisotopic (exact) mass is 383 g/mol. The third kappa shape index (κ3) is 4.25.